The highest BCUT2D eigenvalue weighted by Crippen LogP contribution is 2.47. The summed E-state index contributed by atoms with van der Waals surface area (Å²) < 4.78 is 47.7. The van der Waals surface area contributed by atoms with Crippen molar-refractivity contribution in [3.63, 3.8) is 0 Å². The van der Waals surface area contributed by atoms with Gasteiger partial charge in [0.05, 0.1) is 17.4 Å². The number of aliphatic carboxylic acids is 1. The van der Waals surface area contributed by atoms with Crippen LogP contribution in [0.15, 0.2) is 12.1 Å². The number of fused-ring (bicyclic) bond motifs is 1. The summed E-state index contributed by atoms with van der Waals surface area (Å²) in [5.74, 6) is -2.16. The highest BCUT2D eigenvalue weighted by molar-refractivity contribution is 6.31. The van der Waals surface area contributed by atoms with Crippen molar-refractivity contribution < 1.29 is 37.4 Å². The number of amides is 2. The number of hydrogen-bond donors (Lipinski definition) is 1. The van der Waals surface area contributed by atoms with Gasteiger partial charge in [-0.1, -0.05) is 36.6 Å². The van der Waals surface area contributed by atoms with E-state index in [0.29, 0.717) is 59.5 Å². The van der Waals surface area contributed by atoms with Gasteiger partial charge in [-0.05, 0) is 50.3 Å². The van der Waals surface area contributed by atoms with Crippen molar-refractivity contribution in [2.24, 2.45) is 24.3 Å². The summed E-state index contributed by atoms with van der Waals surface area (Å²) in [5.41, 5.74) is -1.50. The van der Waals surface area contributed by atoms with Crippen molar-refractivity contribution in [3.8, 4) is 5.75 Å². The smallest absolute Gasteiger partial charge is 0.435 e. The molecule has 1 aromatic carbocycles. The number of carbonyl (C=O) groups excluding carboxylic acids is 2. The van der Waals surface area contributed by atoms with Gasteiger partial charge in [-0.25, -0.2) is 4.68 Å². The van der Waals surface area contributed by atoms with Crippen molar-refractivity contribution in [1.82, 2.24) is 24.8 Å². The lowest BCUT2D eigenvalue weighted by atomic mass is 9.66. The molecular weight excluding hydrogens is 591 g/mol. The van der Waals surface area contributed by atoms with Gasteiger partial charge < -0.3 is 19.6 Å². The molecule has 1 saturated carbocycles. The second-order valence-electron chi connectivity index (χ2n) is 12.0. The Morgan fingerprint density at radius 2 is 1.95 bits per heavy atom. The van der Waals surface area contributed by atoms with Gasteiger partial charge in [-0.3, -0.25) is 14.4 Å². The molecule has 10 nitrogen and oxygen atoms in total. The zero-order chi connectivity index (χ0) is 31.3. The van der Waals surface area contributed by atoms with Gasteiger partial charge >= 0.3 is 12.1 Å². The minimum Gasteiger partial charge on any atom is -0.487 e. The fraction of sp³-hybridized carbons (Fsp3) is 0.621. The van der Waals surface area contributed by atoms with E-state index in [0.717, 1.165) is 13.5 Å². The predicted molar refractivity (Wildman–Crippen MR) is 148 cm³/mol. The first-order valence-electron chi connectivity index (χ1n) is 14.5. The molecule has 0 spiro atoms. The lowest BCUT2D eigenvalue weighted by Gasteiger charge is -2.45. The Labute approximate surface area is 252 Å². The zero-order valence-corrected chi connectivity index (χ0v) is 25.0. The Hall–Kier alpha value is -3.35. The molecule has 1 N–H and O–H groups in total. The molecule has 4 atom stereocenters. The van der Waals surface area contributed by atoms with Gasteiger partial charge in [0, 0.05) is 43.2 Å². The van der Waals surface area contributed by atoms with Crippen LogP contribution in [0.5, 0.6) is 5.75 Å². The number of carboxylic acids is 1. The molecule has 1 saturated heterocycles. The van der Waals surface area contributed by atoms with Crippen molar-refractivity contribution in [3.05, 3.63) is 39.7 Å². The van der Waals surface area contributed by atoms with Crippen LogP contribution in [-0.4, -0.2) is 67.3 Å². The first-order valence-corrected chi connectivity index (χ1v) is 14.8. The molecule has 0 bridgehead atoms. The van der Waals surface area contributed by atoms with Crippen LogP contribution in [0.1, 0.15) is 74.5 Å². The molecule has 2 fully saturated rings. The zero-order valence-electron chi connectivity index (χ0n) is 24.3. The maximum atomic E-state index is 14.3. The number of likely N-dealkylation sites (tertiary alicyclic amines) is 1. The Morgan fingerprint density at radius 3 is 2.60 bits per heavy atom. The number of aryl methyl sites for hydroxylation is 1. The third kappa shape index (κ3) is 5.67. The second kappa shape index (κ2) is 11.6. The number of carbonyl (C=O) groups is 3. The SMILES string of the molecule is C[C@@H]1CCN(C[C@@H]2c3c(OCc4nnn(C)c4C(F)(F)F)ccc(Cl)c3CCN2C(=O)[C@@H]2CCCC[C@]2(C)C(=O)O)C1=O. The number of rotatable bonds is 7. The van der Waals surface area contributed by atoms with Gasteiger partial charge in [0.15, 0.2) is 5.69 Å². The predicted octanol–water partition coefficient (Wildman–Crippen LogP) is 4.64. The molecule has 234 valence electrons. The minimum absolute atomic E-state index is 0.0635. The first kappa shape index (κ1) is 31.1. The van der Waals surface area contributed by atoms with Crippen LogP contribution in [0.25, 0.3) is 0 Å². The lowest BCUT2D eigenvalue weighted by molar-refractivity contribution is -0.162. The van der Waals surface area contributed by atoms with Crippen LogP contribution < -0.4 is 4.74 Å². The molecule has 2 amide bonds. The van der Waals surface area contributed by atoms with Gasteiger partial charge in [-0.2, -0.15) is 13.2 Å². The fourth-order valence-corrected chi connectivity index (χ4v) is 7.08. The van der Waals surface area contributed by atoms with Gasteiger partial charge in [0.1, 0.15) is 18.1 Å². The van der Waals surface area contributed by atoms with Crippen LogP contribution in [0.3, 0.4) is 0 Å². The largest absolute Gasteiger partial charge is 0.487 e. The van der Waals surface area contributed by atoms with Crippen molar-refractivity contribution in [1.29, 1.82) is 0 Å². The highest BCUT2D eigenvalue weighted by atomic mass is 35.5. The monoisotopic (exact) mass is 625 g/mol. The van der Waals surface area contributed by atoms with E-state index in [2.05, 4.69) is 10.3 Å². The number of ether oxygens (including phenoxy) is 1. The maximum Gasteiger partial charge on any atom is 0.435 e. The summed E-state index contributed by atoms with van der Waals surface area (Å²) >= 11 is 6.62. The minimum atomic E-state index is -4.70. The number of halogens is 4. The average molecular weight is 626 g/mol. The van der Waals surface area contributed by atoms with Crippen LogP contribution >= 0.6 is 11.6 Å². The normalized spacial score (nSPS) is 26.0. The molecule has 1 aliphatic carbocycles. The molecule has 2 aromatic rings. The summed E-state index contributed by atoms with van der Waals surface area (Å²) in [6.07, 6.45) is -1.51. The molecular formula is C29H35ClF3N5O5. The summed E-state index contributed by atoms with van der Waals surface area (Å²) in [6.45, 7) is 3.75. The third-order valence-electron chi connectivity index (χ3n) is 9.34. The van der Waals surface area contributed by atoms with Gasteiger partial charge in [0.25, 0.3) is 0 Å². The highest BCUT2D eigenvalue weighted by Gasteiger charge is 2.50. The molecule has 3 aliphatic rings. The quantitative estimate of drug-likeness (QED) is 0.476. The van der Waals surface area contributed by atoms with E-state index in [-0.39, 0.29) is 36.6 Å². The number of carboxylic acid groups (broad SMARTS) is 1. The number of benzene rings is 1. The van der Waals surface area contributed by atoms with Crippen LogP contribution in [0.2, 0.25) is 5.02 Å². The summed E-state index contributed by atoms with van der Waals surface area (Å²) in [5, 5.41) is 17.7. The lowest BCUT2D eigenvalue weighted by Crippen LogP contribution is -2.52. The van der Waals surface area contributed by atoms with Crippen LogP contribution in [0, 0.1) is 17.3 Å². The summed E-state index contributed by atoms with van der Waals surface area (Å²) in [4.78, 5) is 43.0. The maximum absolute atomic E-state index is 14.3. The Morgan fingerprint density at radius 1 is 1.21 bits per heavy atom. The van der Waals surface area contributed by atoms with Crippen molar-refractivity contribution in [2.75, 3.05) is 19.6 Å². The van der Waals surface area contributed by atoms with E-state index in [1.807, 2.05) is 6.92 Å². The number of hydrogen-bond acceptors (Lipinski definition) is 6. The first-order chi connectivity index (χ1) is 20.2. The number of alkyl halides is 3. The van der Waals surface area contributed by atoms with E-state index in [9.17, 15) is 32.7 Å². The van der Waals surface area contributed by atoms with E-state index >= 15 is 0 Å². The molecule has 0 unspecified atom stereocenters. The molecule has 2 aliphatic heterocycles. The summed E-state index contributed by atoms with van der Waals surface area (Å²) in [6, 6.07) is 2.39. The standard InChI is InChI=1S/C29H35ClF3N5O5/c1-16-9-12-37(25(16)39)14-21-23-17(10-13-38(21)26(40)18-6-4-5-11-28(18,2)27(41)42)19(30)7-8-22(23)43-15-20-24(29(31,32)33)36(3)35-34-20/h7-8,16,18,21H,4-6,9-15H2,1-3H3,(H,41,42)/t16-,18+,21-,28+/m1/s1. The summed E-state index contributed by atoms with van der Waals surface area (Å²) in [7, 11) is 1.15. The third-order valence-corrected chi connectivity index (χ3v) is 9.69. The van der Waals surface area contributed by atoms with E-state index < -0.39 is 47.5 Å². The van der Waals surface area contributed by atoms with Gasteiger partial charge in [0.2, 0.25) is 11.8 Å². The number of nitrogens with zero attached hydrogens (tertiary/aromatic N) is 5. The van der Waals surface area contributed by atoms with E-state index in [1.54, 1.807) is 28.9 Å². The Kier molecular flexibility index (Phi) is 8.40. The molecule has 14 heteroatoms. The van der Waals surface area contributed by atoms with Crippen molar-refractivity contribution >= 4 is 29.4 Å². The second-order valence-corrected chi connectivity index (χ2v) is 12.4. The average Bonchev–Trinajstić information content (AvgIpc) is 3.49. The molecule has 5 rings (SSSR count). The van der Waals surface area contributed by atoms with Crippen molar-refractivity contribution in [2.45, 2.75) is 71.2 Å². The topological polar surface area (TPSA) is 118 Å². The van der Waals surface area contributed by atoms with Crippen LogP contribution in [-0.2, 0) is 40.6 Å². The number of aromatic nitrogens is 3. The Bertz CT molecular complexity index is 1430. The molecule has 1 aromatic heterocycles. The molecule has 0 radical (unpaired) electrons. The van der Waals surface area contributed by atoms with Gasteiger partial charge in [-0.15, -0.1) is 5.10 Å². The Balaban J connectivity index is 1.55. The van der Waals surface area contributed by atoms with E-state index in [4.69, 9.17) is 16.3 Å². The van der Waals surface area contributed by atoms with Crippen LogP contribution in [0.4, 0.5) is 13.2 Å². The molecule has 3 heterocycles. The molecule has 43 heavy (non-hydrogen) atoms. The fourth-order valence-electron chi connectivity index (χ4n) is 6.82. The van der Waals surface area contributed by atoms with E-state index in [1.165, 1.54) is 0 Å².